The van der Waals surface area contributed by atoms with Gasteiger partial charge in [0, 0.05) is 29.8 Å². The van der Waals surface area contributed by atoms with Crippen molar-refractivity contribution in [3.8, 4) is 0 Å². The molecule has 0 saturated carbocycles. The summed E-state index contributed by atoms with van der Waals surface area (Å²) in [4.78, 5) is 13.7. The Bertz CT molecular complexity index is 1080. The number of hydrogen-bond donors (Lipinski definition) is 1. The molecule has 0 aliphatic rings. The Kier molecular flexibility index (Phi) is 7.18. The highest BCUT2D eigenvalue weighted by molar-refractivity contribution is 7.99. The summed E-state index contributed by atoms with van der Waals surface area (Å²) < 4.78 is 26.8. The molecule has 1 N–H and O–H groups in total. The van der Waals surface area contributed by atoms with Gasteiger partial charge in [-0.3, -0.25) is 9.10 Å². The number of benzene rings is 3. The number of carbonyl (C=O) groups is 1. The maximum atomic E-state index is 12.8. The number of thioether (sulfide) groups is 1. The number of nitrogens with one attached hydrogen (secondary N) is 1. The van der Waals surface area contributed by atoms with Crippen LogP contribution in [0.15, 0.2) is 88.7 Å². The largest absolute Gasteiger partial charge is 0.351 e. The molecule has 0 radical (unpaired) electrons. The topological polar surface area (TPSA) is 66.5 Å². The number of amides is 1. The van der Waals surface area contributed by atoms with Crippen LogP contribution in [-0.4, -0.2) is 33.7 Å². The fraction of sp³-hybridized carbons (Fsp3) is 0.174. The van der Waals surface area contributed by atoms with Gasteiger partial charge in [-0.25, -0.2) is 8.42 Å². The molecule has 0 aromatic heterocycles. The maximum absolute atomic E-state index is 12.8. The van der Waals surface area contributed by atoms with Gasteiger partial charge in [0.05, 0.1) is 10.6 Å². The standard InChI is InChI=1S/C23H24N2O3S2/c1-18-8-14-22(15-9-18)30(27,28)25(2)20-12-10-19(11-13-20)23(26)24-16-17-29-21-6-4-3-5-7-21/h3-15H,16-17H2,1-2H3,(H,24,26). The highest BCUT2D eigenvalue weighted by Crippen LogP contribution is 2.23. The van der Waals surface area contributed by atoms with E-state index in [0.29, 0.717) is 17.8 Å². The van der Waals surface area contributed by atoms with Crippen LogP contribution >= 0.6 is 11.8 Å². The number of sulfonamides is 1. The van der Waals surface area contributed by atoms with E-state index in [1.165, 1.54) is 11.4 Å². The third-order valence-electron chi connectivity index (χ3n) is 4.57. The molecule has 156 valence electrons. The number of hydrogen-bond acceptors (Lipinski definition) is 4. The second-order valence-electron chi connectivity index (χ2n) is 6.75. The van der Waals surface area contributed by atoms with Crippen LogP contribution in [0.3, 0.4) is 0 Å². The summed E-state index contributed by atoms with van der Waals surface area (Å²) in [5, 5.41) is 2.89. The summed E-state index contributed by atoms with van der Waals surface area (Å²) in [6.45, 7) is 2.45. The van der Waals surface area contributed by atoms with Crippen molar-refractivity contribution in [2.75, 3.05) is 23.7 Å². The van der Waals surface area contributed by atoms with Gasteiger partial charge in [-0.1, -0.05) is 35.9 Å². The summed E-state index contributed by atoms with van der Waals surface area (Å²) >= 11 is 1.68. The Morgan fingerprint density at radius 3 is 2.20 bits per heavy atom. The Morgan fingerprint density at radius 1 is 0.933 bits per heavy atom. The molecule has 3 aromatic rings. The predicted molar refractivity (Wildman–Crippen MR) is 123 cm³/mol. The van der Waals surface area contributed by atoms with Gasteiger partial charge in [0.25, 0.3) is 15.9 Å². The summed E-state index contributed by atoms with van der Waals surface area (Å²) in [6, 6.07) is 23.3. The molecular formula is C23H24N2O3S2. The highest BCUT2D eigenvalue weighted by Gasteiger charge is 2.21. The summed E-state index contributed by atoms with van der Waals surface area (Å²) in [7, 11) is -2.15. The predicted octanol–water partition coefficient (Wildman–Crippen LogP) is 4.34. The molecule has 0 aliphatic carbocycles. The minimum Gasteiger partial charge on any atom is -0.351 e. The highest BCUT2D eigenvalue weighted by atomic mass is 32.2. The molecule has 0 saturated heterocycles. The zero-order valence-electron chi connectivity index (χ0n) is 16.9. The average Bonchev–Trinajstić information content (AvgIpc) is 2.77. The third-order valence-corrected chi connectivity index (χ3v) is 7.39. The van der Waals surface area contributed by atoms with E-state index >= 15 is 0 Å². The first-order chi connectivity index (χ1) is 14.4. The molecule has 0 bridgehead atoms. The average molecular weight is 441 g/mol. The van der Waals surface area contributed by atoms with Crippen LogP contribution in [0.5, 0.6) is 0 Å². The molecule has 0 atom stereocenters. The van der Waals surface area contributed by atoms with E-state index in [4.69, 9.17) is 0 Å². The van der Waals surface area contributed by atoms with Crippen molar-refractivity contribution in [1.82, 2.24) is 5.32 Å². The van der Waals surface area contributed by atoms with Crippen molar-refractivity contribution >= 4 is 33.4 Å². The molecule has 3 aromatic carbocycles. The van der Waals surface area contributed by atoms with Gasteiger partial charge in [-0.05, 0) is 55.5 Å². The van der Waals surface area contributed by atoms with E-state index in [-0.39, 0.29) is 10.8 Å². The molecule has 0 spiro atoms. The first kappa shape index (κ1) is 21.9. The summed E-state index contributed by atoms with van der Waals surface area (Å²) in [5.41, 5.74) is 1.98. The lowest BCUT2D eigenvalue weighted by Crippen LogP contribution is -2.27. The van der Waals surface area contributed by atoms with Gasteiger partial charge in [0.1, 0.15) is 0 Å². The van der Waals surface area contributed by atoms with Crippen LogP contribution in [0.25, 0.3) is 0 Å². The third kappa shape index (κ3) is 5.43. The van der Waals surface area contributed by atoms with Crippen LogP contribution < -0.4 is 9.62 Å². The Morgan fingerprint density at radius 2 is 1.57 bits per heavy atom. The molecule has 0 unspecified atom stereocenters. The second kappa shape index (κ2) is 9.82. The lowest BCUT2D eigenvalue weighted by molar-refractivity contribution is 0.0956. The Labute approximate surface area is 182 Å². The molecule has 3 rings (SSSR count). The van der Waals surface area contributed by atoms with Crippen LogP contribution in [-0.2, 0) is 10.0 Å². The van der Waals surface area contributed by atoms with E-state index in [9.17, 15) is 13.2 Å². The van der Waals surface area contributed by atoms with Gasteiger partial charge >= 0.3 is 0 Å². The minimum atomic E-state index is -3.66. The Balaban J connectivity index is 1.58. The van der Waals surface area contributed by atoms with E-state index in [1.807, 2.05) is 37.3 Å². The van der Waals surface area contributed by atoms with Crippen molar-refractivity contribution in [1.29, 1.82) is 0 Å². The molecule has 0 heterocycles. The number of nitrogens with zero attached hydrogens (tertiary/aromatic N) is 1. The van der Waals surface area contributed by atoms with Crippen molar-refractivity contribution in [3.05, 3.63) is 90.0 Å². The number of rotatable bonds is 8. The second-order valence-corrected chi connectivity index (χ2v) is 9.89. The first-order valence-electron chi connectivity index (χ1n) is 9.49. The number of carbonyl (C=O) groups excluding carboxylic acids is 1. The Hall–Kier alpha value is -2.77. The van der Waals surface area contributed by atoms with E-state index in [1.54, 1.807) is 60.3 Å². The molecule has 5 nitrogen and oxygen atoms in total. The molecular weight excluding hydrogens is 416 g/mol. The lowest BCUT2D eigenvalue weighted by Gasteiger charge is -2.20. The van der Waals surface area contributed by atoms with Gasteiger partial charge < -0.3 is 5.32 Å². The van der Waals surface area contributed by atoms with Gasteiger partial charge in [-0.15, -0.1) is 11.8 Å². The van der Waals surface area contributed by atoms with Crippen molar-refractivity contribution < 1.29 is 13.2 Å². The summed E-state index contributed by atoms with van der Waals surface area (Å²) in [5.74, 6) is 0.588. The summed E-state index contributed by atoms with van der Waals surface area (Å²) in [6.07, 6.45) is 0. The first-order valence-corrected chi connectivity index (χ1v) is 11.9. The van der Waals surface area contributed by atoms with E-state index in [2.05, 4.69) is 5.32 Å². The van der Waals surface area contributed by atoms with Crippen LogP contribution in [0.1, 0.15) is 15.9 Å². The lowest BCUT2D eigenvalue weighted by atomic mass is 10.2. The van der Waals surface area contributed by atoms with Crippen LogP contribution in [0.2, 0.25) is 0 Å². The number of aryl methyl sites for hydroxylation is 1. The quantitative estimate of drug-likeness (QED) is 0.418. The zero-order valence-corrected chi connectivity index (χ0v) is 18.5. The SMILES string of the molecule is Cc1ccc(S(=O)(=O)N(C)c2ccc(C(=O)NCCSc3ccccc3)cc2)cc1. The molecule has 1 amide bonds. The normalized spacial score (nSPS) is 11.1. The molecule has 0 aliphatic heterocycles. The van der Waals surface area contributed by atoms with Gasteiger partial charge in [0.2, 0.25) is 0 Å². The van der Waals surface area contributed by atoms with Crippen LogP contribution in [0, 0.1) is 6.92 Å². The van der Waals surface area contributed by atoms with Crippen LogP contribution in [0.4, 0.5) is 5.69 Å². The zero-order chi connectivity index (χ0) is 21.6. The number of anilines is 1. The fourth-order valence-electron chi connectivity index (χ4n) is 2.78. The molecule has 30 heavy (non-hydrogen) atoms. The smallest absolute Gasteiger partial charge is 0.264 e. The minimum absolute atomic E-state index is 0.181. The van der Waals surface area contributed by atoms with Crippen molar-refractivity contribution in [2.45, 2.75) is 16.7 Å². The fourth-order valence-corrected chi connectivity index (χ4v) is 4.77. The van der Waals surface area contributed by atoms with E-state index in [0.717, 1.165) is 16.2 Å². The molecule has 7 heteroatoms. The van der Waals surface area contributed by atoms with E-state index < -0.39 is 10.0 Å². The van der Waals surface area contributed by atoms with Gasteiger partial charge in [0.15, 0.2) is 0 Å². The van der Waals surface area contributed by atoms with Crippen molar-refractivity contribution in [3.63, 3.8) is 0 Å². The maximum Gasteiger partial charge on any atom is 0.264 e. The van der Waals surface area contributed by atoms with Gasteiger partial charge in [-0.2, -0.15) is 0 Å². The molecule has 0 fully saturated rings. The van der Waals surface area contributed by atoms with Crippen molar-refractivity contribution in [2.24, 2.45) is 0 Å². The monoisotopic (exact) mass is 440 g/mol.